The normalized spacial score (nSPS) is 16.4. The Morgan fingerprint density at radius 1 is 1.24 bits per heavy atom. The Labute approximate surface area is 195 Å². The first-order valence-electron chi connectivity index (χ1n) is 10.8. The summed E-state index contributed by atoms with van der Waals surface area (Å²) in [5.41, 5.74) is 6.19. The van der Waals surface area contributed by atoms with Crippen LogP contribution in [0.1, 0.15) is 12.0 Å². The van der Waals surface area contributed by atoms with E-state index < -0.39 is 11.8 Å². The molecule has 0 saturated carbocycles. The van der Waals surface area contributed by atoms with Gasteiger partial charge in [-0.3, -0.25) is 15.0 Å². The smallest absolute Gasteiger partial charge is 0.313 e. The lowest BCUT2D eigenvalue weighted by molar-refractivity contribution is -0.143. The van der Waals surface area contributed by atoms with E-state index in [0.717, 1.165) is 13.1 Å². The number of benzene rings is 1. The van der Waals surface area contributed by atoms with Gasteiger partial charge in [0.2, 0.25) is 11.9 Å². The number of rotatable bonds is 8. The molecule has 1 aromatic carbocycles. The summed E-state index contributed by atoms with van der Waals surface area (Å²) < 4.78 is 25.3. The number of piperazine rings is 1. The molecule has 4 rings (SSSR count). The van der Waals surface area contributed by atoms with Crippen LogP contribution in [-0.2, 0) is 25.7 Å². The van der Waals surface area contributed by atoms with Crippen molar-refractivity contribution in [1.82, 2.24) is 9.97 Å². The number of halogens is 1. The molecule has 2 aromatic rings. The average Bonchev–Trinajstić information content (AvgIpc) is 2.78. The van der Waals surface area contributed by atoms with Gasteiger partial charge >= 0.3 is 5.97 Å². The number of nitrogens with one attached hydrogen (secondary N) is 1. The minimum Gasteiger partial charge on any atom is -0.460 e. The molecule has 12 heteroatoms. The quantitative estimate of drug-likeness (QED) is 0.323. The Morgan fingerprint density at radius 2 is 1.97 bits per heavy atom. The van der Waals surface area contributed by atoms with E-state index in [1.165, 1.54) is 6.07 Å². The molecule has 180 valence electrons. The Kier molecular flexibility index (Phi) is 6.87. The van der Waals surface area contributed by atoms with E-state index in [1.54, 1.807) is 41.4 Å². The zero-order chi connectivity index (χ0) is 24.2. The fourth-order valence-electron chi connectivity index (χ4n) is 3.81. The van der Waals surface area contributed by atoms with E-state index >= 15 is 4.39 Å². The van der Waals surface area contributed by atoms with Gasteiger partial charge < -0.3 is 29.9 Å². The maximum absolute atomic E-state index is 15.1. The maximum Gasteiger partial charge on any atom is 0.313 e. The third kappa shape index (κ3) is 5.06. The number of carbonyl (C=O) groups excluding carboxylic acids is 2. The van der Waals surface area contributed by atoms with Gasteiger partial charge in [-0.2, -0.15) is 0 Å². The Bertz CT molecular complexity index is 1080. The van der Waals surface area contributed by atoms with Crippen molar-refractivity contribution in [3.63, 3.8) is 0 Å². The highest BCUT2D eigenvalue weighted by Crippen LogP contribution is 2.26. The van der Waals surface area contributed by atoms with Crippen LogP contribution in [0.3, 0.4) is 0 Å². The molecular formula is C22H26FN7O4. The van der Waals surface area contributed by atoms with Crippen LogP contribution in [0.4, 0.5) is 21.7 Å². The van der Waals surface area contributed by atoms with E-state index in [4.69, 9.17) is 20.6 Å². The standard InChI is InChI=1S/C22H26FN7O4/c1-33-16-10-29(11-16)22-26-8-15(9-27-22)30-6-5-28(12-19(30)31)17-4-2-3-14(21(17)23)13-34-20(32)7-18(24)25/h2-4,8-9,16H,5-7,10-13H2,1H3,(H3,24,25). The molecule has 0 aliphatic carbocycles. The number of nitrogens with two attached hydrogens (primary N) is 1. The van der Waals surface area contributed by atoms with Crippen molar-refractivity contribution < 1.29 is 23.5 Å². The maximum atomic E-state index is 15.1. The summed E-state index contributed by atoms with van der Waals surface area (Å²) in [5, 5.41) is 7.12. The van der Waals surface area contributed by atoms with Gasteiger partial charge in [0, 0.05) is 38.9 Å². The SMILES string of the molecule is COC1CN(c2ncc(N3CCN(c4cccc(COC(=O)CC(=N)N)c4F)CC3=O)cn2)C1. The molecule has 11 nitrogen and oxygen atoms in total. The van der Waals surface area contributed by atoms with Gasteiger partial charge in [0.05, 0.1) is 36.4 Å². The number of ether oxygens (including phenoxy) is 2. The summed E-state index contributed by atoms with van der Waals surface area (Å²) in [6, 6.07) is 4.72. The van der Waals surface area contributed by atoms with Gasteiger partial charge in [-0.05, 0) is 6.07 Å². The molecular weight excluding hydrogens is 445 g/mol. The van der Waals surface area contributed by atoms with E-state index in [0.29, 0.717) is 24.7 Å². The molecule has 2 aliphatic heterocycles. The van der Waals surface area contributed by atoms with Crippen molar-refractivity contribution in [2.45, 2.75) is 19.1 Å². The van der Waals surface area contributed by atoms with Crippen LogP contribution < -0.4 is 20.4 Å². The molecule has 0 bridgehead atoms. The Hall–Kier alpha value is -3.80. The molecule has 2 saturated heterocycles. The van der Waals surface area contributed by atoms with Gasteiger partial charge in [0.15, 0.2) is 5.82 Å². The van der Waals surface area contributed by atoms with Crippen LogP contribution >= 0.6 is 0 Å². The number of hydrogen-bond acceptors (Lipinski definition) is 9. The molecule has 3 N–H and O–H groups in total. The van der Waals surface area contributed by atoms with Crippen LogP contribution in [0, 0.1) is 11.2 Å². The van der Waals surface area contributed by atoms with Crippen molar-refractivity contribution >= 4 is 35.0 Å². The van der Waals surface area contributed by atoms with Crippen LogP contribution in [0.15, 0.2) is 30.6 Å². The van der Waals surface area contributed by atoms with Crippen molar-refractivity contribution in [2.75, 3.05) is 54.5 Å². The summed E-state index contributed by atoms with van der Waals surface area (Å²) in [4.78, 5) is 38.4. The van der Waals surface area contributed by atoms with E-state index in [9.17, 15) is 9.59 Å². The second kappa shape index (κ2) is 10.00. The molecule has 34 heavy (non-hydrogen) atoms. The van der Waals surface area contributed by atoms with Gasteiger partial charge in [-0.1, -0.05) is 12.1 Å². The largest absolute Gasteiger partial charge is 0.460 e. The predicted octanol–water partition coefficient (Wildman–Crippen LogP) is 0.673. The van der Waals surface area contributed by atoms with Crippen LogP contribution in [0.2, 0.25) is 0 Å². The third-order valence-electron chi connectivity index (χ3n) is 5.74. The number of carbonyl (C=O) groups is 2. The summed E-state index contributed by atoms with van der Waals surface area (Å²) >= 11 is 0. The number of nitrogens with zero attached hydrogens (tertiary/aromatic N) is 5. The fraction of sp³-hybridized carbons (Fsp3) is 0.409. The van der Waals surface area contributed by atoms with Crippen LogP contribution in [0.5, 0.6) is 0 Å². The second-order valence-corrected chi connectivity index (χ2v) is 8.08. The number of esters is 1. The highest BCUT2D eigenvalue weighted by Gasteiger charge is 2.30. The monoisotopic (exact) mass is 471 g/mol. The average molecular weight is 471 g/mol. The second-order valence-electron chi connectivity index (χ2n) is 8.08. The van der Waals surface area contributed by atoms with Gasteiger partial charge in [-0.15, -0.1) is 0 Å². The first-order chi connectivity index (χ1) is 16.4. The third-order valence-corrected chi connectivity index (χ3v) is 5.74. The molecule has 0 atom stereocenters. The van der Waals surface area contributed by atoms with Gasteiger partial charge in [-0.25, -0.2) is 14.4 Å². The summed E-state index contributed by atoms with van der Waals surface area (Å²) in [7, 11) is 1.67. The lowest BCUT2D eigenvalue weighted by Gasteiger charge is -2.38. The van der Waals surface area contributed by atoms with Crippen molar-refractivity contribution in [3.05, 3.63) is 42.0 Å². The zero-order valence-electron chi connectivity index (χ0n) is 18.7. The summed E-state index contributed by atoms with van der Waals surface area (Å²) in [5.74, 6) is -1.21. The first-order valence-corrected chi connectivity index (χ1v) is 10.8. The molecule has 2 fully saturated rings. The molecule has 3 heterocycles. The van der Waals surface area contributed by atoms with Gasteiger partial charge in [0.25, 0.3) is 0 Å². The summed E-state index contributed by atoms with van der Waals surface area (Å²) in [6.07, 6.45) is 3.07. The van der Waals surface area contributed by atoms with Crippen molar-refractivity contribution in [2.24, 2.45) is 5.73 Å². The lowest BCUT2D eigenvalue weighted by Crippen LogP contribution is -2.52. The summed E-state index contributed by atoms with van der Waals surface area (Å²) in [6.45, 7) is 1.90. The topological polar surface area (TPSA) is 138 Å². The van der Waals surface area contributed by atoms with E-state index in [2.05, 4.69) is 9.97 Å². The Morgan fingerprint density at radius 3 is 2.62 bits per heavy atom. The zero-order valence-corrected chi connectivity index (χ0v) is 18.7. The molecule has 1 aromatic heterocycles. The Balaban J connectivity index is 1.37. The minimum atomic E-state index is -0.707. The van der Waals surface area contributed by atoms with E-state index in [1.807, 2.05) is 4.90 Å². The number of amides is 1. The first kappa shape index (κ1) is 23.4. The van der Waals surface area contributed by atoms with Crippen molar-refractivity contribution in [1.29, 1.82) is 5.41 Å². The number of anilines is 3. The van der Waals surface area contributed by atoms with E-state index in [-0.39, 0.29) is 48.7 Å². The number of methoxy groups -OCH3 is 1. The lowest BCUT2D eigenvalue weighted by atomic mass is 10.1. The molecule has 0 unspecified atom stereocenters. The highest BCUT2D eigenvalue weighted by molar-refractivity contribution is 5.97. The predicted molar refractivity (Wildman–Crippen MR) is 122 cm³/mol. The number of amidine groups is 1. The highest BCUT2D eigenvalue weighted by atomic mass is 19.1. The fourth-order valence-corrected chi connectivity index (χ4v) is 3.81. The minimum absolute atomic E-state index is 0.0199. The van der Waals surface area contributed by atoms with Crippen LogP contribution in [0.25, 0.3) is 0 Å². The van der Waals surface area contributed by atoms with Crippen molar-refractivity contribution in [3.8, 4) is 0 Å². The molecule has 0 spiro atoms. The number of aromatic nitrogens is 2. The number of hydrogen-bond donors (Lipinski definition) is 2. The van der Waals surface area contributed by atoms with Gasteiger partial charge in [0.1, 0.15) is 18.9 Å². The molecule has 1 amide bonds. The molecule has 0 radical (unpaired) electrons. The molecule has 2 aliphatic rings. The van der Waals surface area contributed by atoms with Crippen LogP contribution in [-0.4, -0.2) is 73.6 Å².